The molecule has 0 saturated carbocycles. The fraction of sp³-hybridized carbons (Fsp3) is 0.250. The summed E-state index contributed by atoms with van der Waals surface area (Å²) >= 11 is 0. The Balaban J connectivity index is 1.78. The van der Waals surface area contributed by atoms with Crippen molar-refractivity contribution in [2.75, 3.05) is 0 Å². The third-order valence-corrected chi connectivity index (χ3v) is 4.83. The van der Waals surface area contributed by atoms with Gasteiger partial charge in [-0.2, -0.15) is 0 Å². The third kappa shape index (κ3) is 2.42. The summed E-state index contributed by atoms with van der Waals surface area (Å²) < 4.78 is 2.42. The maximum Gasteiger partial charge on any atom is 0.335 e. The van der Waals surface area contributed by atoms with Crippen LogP contribution >= 0.6 is 0 Å². The van der Waals surface area contributed by atoms with Gasteiger partial charge in [-0.3, -0.25) is 0 Å². The van der Waals surface area contributed by atoms with Crippen LogP contribution in [0.1, 0.15) is 40.0 Å². The average molecular weight is 305 g/mol. The van der Waals surface area contributed by atoms with Crippen LogP contribution in [0.2, 0.25) is 0 Å². The van der Waals surface area contributed by atoms with Crippen LogP contribution in [0.4, 0.5) is 0 Å². The largest absolute Gasteiger partial charge is 0.478 e. The first kappa shape index (κ1) is 14.1. The smallest absolute Gasteiger partial charge is 0.335 e. The molecule has 1 aromatic heterocycles. The summed E-state index contributed by atoms with van der Waals surface area (Å²) in [5.74, 6) is -0.875. The fourth-order valence-corrected chi connectivity index (χ4v) is 3.70. The highest BCUT2D eigenvalue weighted by Crippen LogP contribution is 2.32. The van der Waals surface area contributed by atoms with Crippen LogP contribution < -0.4 is 0 Å². The maximum absolute atomic E-state index is 11.0. The first-order valence-electron chi connectivity index (χ1n) is 8.15. The number of aromatic nitrogens is 1. The first-order valence-corrected chi connectivity index (χ1v) is 8.15. The number of rotatable bonds is 3. The summed E-state index contributed by atoms with van der Waals surface area (Å²) in [4.78, 5) is 11.0. The second-order valence-electron chi connectivity index (χ2n) is 6.24. The SMILES string of the molecule is O=C(O)c1ccc(Cn2c3c(c4ccccc42)CCCC3)cc1. The van der Waals surface area contributed by atoms with E-state index in [0.717, 1.165) is 18.5 Å². The summed E-state index contributed by atoms with van der Waals surface area (Å²) in [5.41, 5.74) is 5.74. The number of para-hydroxylation sites is 1. The van der Waals surface area contributed by atoms with E-state index in [1.54, 1.807) is 12.1 Å². The molecule has 23 heavy (non-hydrogen) atoms. The van der Waals surface area contributed by atoms with Crippen molar-refractivity contribution in [2.45, 2.75) is 32.2 Å². The number of carboxylic acids is 1. The molecule has 1 aliphatic carbocycles. The van der Waals surface area contributed by atoms with Crippen LogP contribution in [0.15, 0.2) is 48.5 Å². The topological polar surface area (TPSA) is 42.2 Å². The van der Waals surface area contributed by atoms with Gasteiger partial charge in [0, 0.05) is 23.1 Å². The van der Waals surface area contributed by atoms with Crippen LogP contribution in [0.25, 0.3) is 10.9 Å². The summed E-state index contributed by atoms with van der Waals surface area (Å²) in [5, 5.41) is 10.4. The van der Waals surface area contributed by atoms with E-state index < -0.39 is 5.97 Å². The normalized spacial score (nSPS) is 13.9. The van der Waals surface area contributed by atoms with Gasteiger partial charge in [0.15, 0.2) is 0 Å². The Hall–Kier alpha value is -2.55. The molecule has 3 aromatic rings. The van der Waals surface area contributed by atoms with E-state index in [4.69, 9.17) is 5.11 Å². The molecule has 1 heterocycles. The Kier molecular flexibility index (Phi) is 3.41. The van der Waals surface area contributed by atoms with Crippen molar-refractivity contribution in [3.63, 3.8) is 0 Å². The number of fused-ring (bicyclic) bond motifs is 3. The molecule has 1 N–H and O–H groups in total. The van der Waals surface area contributed by atoms with Crippen molar-refractivity contribution in [3.05, 3.63) is 70.9 Å². The predicted octanol–water partition coefficient (Wildman–Crippen LogP) is 4.27. The van der Waals surface area contributed by atoms with Gasteiger partial charge in [-0.15, -0.1) is 0 Å². The molecular formula is C20H19NO2. The van der Waals surface area contributed by atoms with Crippen molar-refractivity contribution in [3.8, 4) is 0 Å². The van der Waals surface area contributed by atoms with Crippen LogP contribution in [0, 0.1) is 0 Å². The van der Waals surface area contributed by atoms with Crippen molar-refractivity contribution < 1.29 is 9.90 Å². The Morgan fingerprint density at radius 2 is 1.74 bits per heavy atom. The van der Waals surface area contributed by atoms with Gasteiger partial charge in [0.25, 0.3) is 0 Å². The van der Waals surface area contributed by atoms with Crippen molar-refractivity contribution in [2.24, 2.45) is 0 Å². The minimum atomic E-state index is -0.875. The van der Waals surface area contributed by atoms with Crippen LogP contribution in [0.5, 0.6) is 0 Å². The van der Waals surface area contributed by atoms with Gasteiger partial charge in [0.1, 0.15) is 0 Å². The fourth-order valence-electron chi connectivity index (χ4n) is 3.70. The molecule has 2 aromatic carbocycles. The Bertz CT molecular complexity index is 875. The van der Waals surface area contributed by atoms with E-state index >= 15 is 0 Å². The van der Waals surface area contributed by atoms with Crippen molar-refractivity contribution in [1.82, 2.24) is 4.57 Å². The Labute approximate surface area is 135 Å². The zero-order valence-corrected chi connectivity index (χ0v) is 13.0. The monoisotopic (exact) mass is 305 g/mol. The first-order chi connectivity index (χ1) is 11.2. The van der Waals surface area contributed by atoms with Crippen LogP contribution in [-0.2, 0) is 19.4 Å². The Morgan fingerprint density at radius 1 is 1.00 bits per heavy atom. The maximum atomic E-state index is 11.0. The molecule has 3 heteroatoms. The third-order valence-electron chi connectivity index (χ3n) is 4.83. The summed E-state index contributed by atoms with van der Waals surface area (Å²) in [7, 11) is 0. The zero-order chi connectivity index (χ0) is 15.8. The summed E-state index contributed by atoms with van der Waals surface area (Å²) in [6.45, 7) is 0.801. The van der Waals surface area contributed by atoms with Gasteiger partial charge in [-0.05, 0) is 55.0 Å². The number of aromatic carboxylic acids is 1. The quantitative estimate of drug-likeness (QED) is 0.785. The number of nitrogens with zero attached hydrogens (tertiary/aromatic N) is 1. The molecule has 3 nitrogen and oxygen atoms in total. The van der Waals surface area contributed by atoms with Gasteiger partial charge in [-0.25, -0.2) is 4.79 Å². The summed E-state index contributed by atoms with van der Waals surface area (Å²) in [6, 6.07) is 15.9. The predicted molar refractivity (Wildman–Crippen MR) is 91.1 cm³/mol. The van der Waals surface area contributed by atoms with E-state index in [2.05, 4.69) is 28.8 Å². The van der Waals surface area contributed by atoms with Crippen LogP contribution in [0.3, 0.4) is 0 Å². The van der Waals surface area contributed by atoms with Gasteiger partial charge < -0.3 is 9.67 Å². The second kappa shape index (κ2) is 5.58. The van der Waals surface area contributed by atoms with Gasteiger partial charge in [0.2, 0.25) is 0 Å². The standard InChI is InChI=1S/C20H19NO2/c22-20(23)15-11-9-14(10-12-15)13-21-18-7-3-1-5-16(18)17-6-2-4-8-19(17)21/h1,3,5,7,9-12H,2,4,6,8,13H2,(H,22,23). The van der Waals surface area contributed by atoms with Gasteiger partial charge >= 0.3 is 5.97 Å². The van der Waals surface area contributed by atoms with Gasteiger partial charge in [-0.1, -0.05) is 30.3 Å². The van der Waals surface area contributed by atoms with Crippen molar-refractivity contribution >= 4 is 16.9 Å². The highest BCUT2D eigenvalue weighted by Gasteiger charge is 2.19. The number of hydrogen-bond acceptors (Lipinski definition) is 1. The molecule has 0 fully saturated rings. The van der Waals surface area contributed by atoms with E-state index in [0.29, 0.717) is 5.56 Å². The lowest BCUT2D eigenvalue weighted by atomic mass is 9.95. The molecule has 1 aliphatic rings. The molecule has 0 aliphatic heterocycles. The molecule has 0 unspecified atom stereocenters. The molecule has 0 radical (unpaired) electrons. The minimum absolute atomic E-state index is 0.341. The number of carbonyl (C=O) groups is 1. The van der Waals surface area contributed by atoms with E-state index in [9.17, 15) is 4.79 Å². The number of carboxylic acid groups (broad SMARTS) is 1. The lowest BCUT2D eigenvalue weighted by molar-refractivity contribution is 0.0697. The Morgan fingerprint density at radius 3 is 2.52 bits per heavy atom. The summed E-state index contributed by atoms with van der Waals surface area (Å²) in [6.07, 6.45) is 4.83. The minimum Gasteiger partial charge on any atom is -0.478 e. The molecule has 4 rings (SSSR count). The van der Waals surface area contributed by atoms with E-state index in [-0.39, 0.29) is 0 Å². The lowest BCUT2D eigenvalue weighted by Crippen LogP contribution is -2.09. The van der Waals surface area contributed by atoms with Crippen molar-refractivity contribution in [1.29, 1.82) is 0 Å². The van der Waals surface area contributed by atoms with E-state index in [1.807, 2.05) is 12.1 Å². The number of hydrogen-bond donors (Lipinski definition) is 1. The molecule has 116 valence electrons. The molecule has 0 atom stereocenters. The highest BCUT2D eigenvalue weighted by molar-refractivity contribution is 5.87. The van der Waals surface area contributed by atoms with Crippen LogP contribution in [-0.4, -0.2) is 15.6 Å². The zero-order valence-electron chi connectivity index (χ0n) is 13.0. The molecule has 0 bridgehead atoms. The lowest BCUT2D eigenvalue weighted by Gasteiger charge is -2.16. The number of aryl methyl sites for hydroxylation is 1. The second-order valence-corrected chi connectivity index (χ2v) is 6.24. The molecule has 0 spiro atoms. The average Bonchev–Trinajstić information content (AvgIpc) is 2.90. The number of benzene rings is 2. The molecule has 0 amide bonds. The molecule has 0 saturated heterocycles. The van der Waals surface area contributed by atoms with Gasteiger partial charge in [0.05, 0.1) is 5.56 Å². The molecular weight excluding hydrogens is 286 g/mol. The highest BCUT2D eigenvalue weighted by atomic mass is 16.4. The van der Waals surface area contributed by atoms with E-state index in [1.165, 1.54) is 41.4 Å².